The van der Waals surface area contributed by atoms with Gasteiger partial charge in [-0.1, -0.05) is 45.4 Å². The zero-order valence-corrected chi connectivity index (χ0v) is 15.5. The van der Waals surface area contributed by atoms with Gasteiger partial charge in [-0.05, 0) is 43.4 Å². The van der Waals surface area contributed by atoms with Crippen molar-refractivity contribution < 1.29 is 19.4 Å². The quantitative estimate of drug-likeness (QED) is 0.357. The molecule has 0 amide bonds. The molecular formula is C19H32N2O4. The Morgan fingerprint density at radius 2 is 1.84 bits per heavy atom. The van der Waals surface area contributed by atoms with Crippen LogP contribution in [0.4, 0.5) is 0 Å². The highest BCUT2D eigenvalue weighted by Gasteiger charge is 2.09. The second-order valence-electron chi connectivity index (χ2n) is 6.26. The number of carboxylic acids is 1. The van der Waals surface area contributed by atoms with Gasteiger partial charge >= 0.3 is 11.9 Å². The van der Waals surface area contributed by atoms with Crippen LogP contribution in [0.3, 0.4) is 0 Å². The minimum absolute atomic E-state index is 0.175. The molecule has 6 heteroatoms. The highest BCUT2D eigenvalue weighted by molar-refractivity contribution is 5.73. The van der Waals surface area contributed by atoms with Crippen molar-refractivity contribution in [3.63, 3.8) is 0 Å². The average molecular weight is 352 g/mol. The third-order valence-corrected chi connectivity index (χ3v) is 3.40. The zero-order valence-electron chi connectivity index (χ0n) is 15.5. The van der Waals surface area contributed by atoms with Crippen LogP contribution in [-0.2, 0) is 16.0 Å². The van der Waals surface area contributed by atoms with E-state index in [1.807, 2.05) is 24.3 Å². The van der Waals surface area contributed by atoms with Crippen LogP contribution in [0.5, 0.6) is 5.75 Å². The molecule has 0 saturated carbocycles. The molecule has 1 atom stereocenters. The minimum atomic E-state index is -0.933. The summed E-state index contributed by atoms with van der Waals surface area (Å²) in [6.45, 7) is 6.70. The summed E-state index contributed by atoms with van der Waals surface area (Å²) in [6, 6.07) is 7.01. The number of carbonyl (C=O) groups excluding carboxylic acids is 1. The minimum Gasteiger partial charge on any atom is -0.480 e. The van der Waals surface area contributed by atoms with E-state index in [9.17, 15) is 9.59 Å². The van der Waals surface area contributed by atoms with Crippen LogP contribution in [0, 0.1) is 5.92 Å². The number of aliphatic carboxylic acids is 1. The standard InChI is InChI=1S/C13H18O2.C6H14N2O2/c1-4-13(14)15-12-8-6-5-7-11(12)9-10(2)3;7-4-2-1-3-5(8)6(9)10/h5-8,10H,4,9H2,1-3H3;5H,1-4,7-8H2,(H,9,10). The molecule has 0 radical (unpaired) electrons. The van der Waals surface area contributed by atoms with Crippen molar-refractivity contribution in [3.8, 4) is 5.75 Å². The Labute approximate surface area is 150 Å². The van der Waals surface area contributed by atoms with Crippen molar-refractivity contribution in [1.82, 2.24) is 0 Å². The Morgan fingerprint density at radius 1 is 1.20 bits per heavy atom. The van der Waals surface area contributed by atoms with Gasteiger partial charge in [0.2, 0.25) is 0 Å². The molecule has 1 aromatic rings. The van der Waals surface area contributed by atoms with E-state index in [1.165, 1.54) is 0 Å². The highest BCUT2D eigenvalue weighted by atomic mass is 16.5. The Morgan fingerprint density at radius 3 is 2.36 bits per heavy atom. The predicted molar refractivity (Wildman–Crippen MR) is 99.4 cm³/mol. The number of rotatable bonds is 9. The SMILES string of the molecule is CCC(=O)Oc1ccccc1CC(C)C.NCCCCC(N)C(=O)O. The maximum Gasteiger partial charge on any atom is 0.320 e. The number of benzene rings is 1. The molecule has 0 bridgehead atoms. The molecule has 1 aromatic carbocycles. The van der Waals surface area contributed by atoms with E-state index in [2.05, 4.69) is 13.8 Å². The monoisotopic (exact) mass is 352 g/mol. The van der Waals surface area contributed by atoms with Gasteiger partial charge in [-0.25, -0.2) is 0 Å². The van der Waals surface area contributed by atoms with E-state index < -0.39 is 12.0 Å². The molecule has 0 aliphatic heterocycles. The van der Waals surface area contributed by atoms with Gasteiger partial charge in [-0.3, -0.25) is 9.59 Å². The van der Waals surface area contributed by atoms with Crippen molar-refractivity contribution in [2.24, 2.45) is 17.4 Å². The topological polar surface area (TPSA) is 116 Å². The fourth-order valence-electron chi connectivity index (χ4n) is 2.04. The van der Waals surface area contributed by atoms with E-state index >= 15 is 0 Å². The number of para-hydroxylation sites is 1. The van der Waals surface area contributed by atoms with Gasteiger partial charge in [0.15, 0.2) is 0 Å². The van der Waals surface area contributed by atoms with E-state index in [4.69, 9.17) is 21.3 Å². The third kappa shape index (κ3) is 11.3. The summed E-state index contributed by atoms with van der Waals surface area (Å²) < 4.78 is 5.26. The first kappa shape index (κ1) is 23.1. The molecule has 0 aliphatic carbocycles. The van der Waals surface area contributed by atoms with Crippen molar-refractivity contribution in [3.05, 3.63) is 29.8 Å². The molecule has 142 valence electrons. The second-order valence-corrected chi connectivity index (χ2v) is 6.26. The molecule has 0 spiro atoms. The molecule has 0 aromatic heterocycles. The van der Waals surface area contributed by atoms with Crippen molar-refractivity contribution in [1.29, 1.82) is 0 Å². The Balaban J connectivity index is 0.000000504. The number of carbonyl (C=O) groups is 2. The lowest BCUT2D eigenvalue weighted by molar-refractivity contribution is -0.138. The van der Waals surface area contributed by atoms with Gasteiger partial charge in [0.05, 0.1) is 0 Å². The lowest BCUT2D eigenvalue weighted by Gasteiger charge is -2.10. The number of esters is 1. The Hall–Kier alpha value is -1.92. The summed E-state index contributed by atoms with van der Waals surface area (Å²) in [6.07, 6.45) is 3.51. The zero-order chi connectivity index (χ0) is 19.2. The average Bonchev–Trinajstić information content (AvgIpc) is 2.56. The molecule has 5 N–H and O–H groups in total. The van der Waals surface area contributed by atoms with Crippen molar-refractivity contribution in [2.45, 2.75) is 58.9 Å². The number of unbranched alkanes of at least 4 members (excludes halogenated alkanes) is 1. The Bertz CT molecular complexity index is 518. The summed E-state index contributed by atoms with van der Waals surface area (Å²) >= 11 is 0. The smallest absolute Gasteiger partial charge is 0.320 e. The maximum atomic E-state index is 11.2. The van der Waals surface area contributed by atoms with E-state index in [-0.39, 0.29) is 5.97 Å². The van der Waals surface area contributed by atoms with Crippen LogP contribution in [-0.4, -0.2) is 29.6 Å². The van der Waals surface area contributed by atoms with Crippen LogP contribution in [0.2, 0.25) is 0 Å². The number of hydrogen-bond acceptors (Lipinski definition) is 5. The fraction of sp³-hybridized carbons (Fsp3) is 0.579. The van der Waals surface area contributed by atoms with Crippen LogP contribution in [0.25, 0.3) is 0 Å². The van der Waals surface area contributed by atoms with Gasteiger partial charge in [0, 0.05) is 6.42 Å². The molecular weight excluding hydrogens is 320 g/mol. The van der Waals surface area contributed by atoms with Gasteiger partial charge in [-0.2, -0.15) is 0 Å². The number of nitrogens with two attached hydrogens (primary N) is 2. The predicted octanol–water partition coefficient (Wildman–Crippen LogP) is 2.73. The molecule has 0 fully saturated rings. The molecule has 1 unspecified atom stereocenters. The van der Waals surface area contributed by atoms with Crippen LogP contribution < -0.4 is 16.2 Å². The van der Waals surface area contributed by atoms with E-state index in [0.717, 1.165) is 24.8 Å². The number of ether oxygens (including phenoxy) is 1. The summed E-state index contributed by atoms with van der Waals surface area (Å²) in [4.78, 5) is 21.3. The number of hydrogen-bond donors (Lipinski definition) is 3. The first-order valence-electron chi connectivity index (χ1n) is 8.78. The van der Waals surface area contributed by atoms with Gasteiger partial charge < -0.3 is 21.3 Å². The van der Waals surface area contributed by atoms with E-state index in [1.54, 1.807) is 6.92 Å². The lowest BCUT2D eigenvalue weighted by Crippen LogP contribution is -2.29. The van der Waals surface area contributed by atoms with Gasteiger partial charge in [0.25, 0.3) is 0 Å². The maximum absolute atomic E-state index is 11.2. The van der Waals surface area contributed by atoms with Gasteiger partial charge in [0.1, 0.15) is 11.8 Å². The summed E-state index contributed by atoms with van der Waals surface area (Å²) in [5, 5.41) is 8.33. The van der Waals surface area contributed by atoms with Gasteiger partial charge in [-0.15, -0.1) is 0 Å². The first-order valence-corrected chi connectivity index (χ1v) is 8.78. The number of carboxylic acid groups (broad SMARTS) is 1. The molecule has 1 rings (SSSR count). The largest absolute Gasteiger partial charge is 0.480 e. The second kappa shape index (κ2) is 13.4. The highest BCUT2D eigenvalue weighted by Crippen LogP contribution is 2.21. The summed E-state index contributed by atoms with van der Waals surface area (Å²) in [7, 11) is 0. The molecule has 0 saturated heterocycles. The van der Waals surface area contributed by atoms with Crippen molar-refractivity contribution in [2.75, 3.05) is 6.54 Å². The van der Waals surface area contributed by atoms with Crippen molar-refractivity contribution >= 4 is 11.9 Å². The molecule has 0 heterocycles. The summed E-state index contributed by atoms with van der Waals surface area (Å²) in [5.41, 5.74) is 11.5. The van der Waals surface area contributed by atoms with Crippen LogP contribution in [0.15, 0.2) is 24.3 Å². The van der Waals surface area contributed by atoms with Crippen LogP contribution in [0.1, 0.15) is 52.0 Å². The van der Waals surface area contributed by atoms with E-state index in [0.29, 0.717) is 31.1 Å². The fourth-order valence-corrected chi connectivity index (χ4v) is 2.04. The third-order valence-electron chi connectivity index (χ3n) is 3.40. The lowest BCUT2D eigenvalue weighted by atomic mass is 10.0. The normalized spacial score (nSPS) is 11.4. The van der Waals surface area contributed by atoms with Crippen LogP contribution >= 0.6 is 0 Å². The summed E-state index contributed by atoms with van der Waals surface area (Å²) in [5.74, 6) is 0.160. The molecule has 25 heavy (non-hydrogen) atoms. The first-order chi connectivity index (χ1) is 11.8. The Kier molecular flexibility index (Phi) is 12.4. The molecule has 6 nitrogen and oxygen atoms in total. The molecule has 0 aliphatic rings.